The summed E-state index contributed by atoms with van der Waals surface area (Å²) in [5.74, 6) is 0.598. The first-order valence-electron chi connectivity index (χ1n) is 7.14. The van der Waals surface area contributed by atoms with Gasteiger partial charge in [-0.1, -0.05) is 13.0 Å². The van der Waals surface area contributed by atoms with Crippen molar-refractivity contribution in [2.45, 2.75) is 46.2 Å². The predicted octanol–water partition coefficient (Wildman–Crippen LogP) is 3.56. The highest BCUT2D eigenvalue weighted by Crippen LogP contribution is 2.28. The average molecular weight is 264 g/mol. The van der Waals surface area contributed by atoms with Gasteiger partial charge in [-0.15, -0.1) is 0 Å². The van der Waals surface area contributed by atoms with Gasteiger partial charge in [0, 0.05) is 36.4 Å². The number of halogens is 1. The molecule has 1 aliphatic heterocycles. The fraction of sp³-hybridized carbons (Fsp3) is 0.625. The Balaban J connectivity index is 2.21. The molecule has 1 saturated heterocycles. The van der Waals surface area contributed by atoms with Crippen LogP contribution in [-0.4, -0.2) is 18.6 Å². The summed E-state index contributed by atoms with van der Waals surface area (Å²) < 4.78 is 14.1. The third kappa shape index (κ3) is 3.69. The van der Waals surface area contributed by atoms with Crippen LogP contribution in [0.2, 0.25) is 0 Å². The second-order valence-corrected chi connectivity index (χ2v) is 6.68. The Hall–Kier alpha value is -1.09. The van der Waals surface area contributed by atoms with Gasteiger partial charge in [0.15, 0.2) is 0 Å². The quantitative estimate of drug-likeness (QED) is 0.898. The summed E-state index contributed by atoms with van der Waals surface area (Å²) in [4.78, 5) is 2.31. The molecule has 1 aromatic rings. The maximum Gasteiger partial charge on any atom is 0.129 e. The lowest BCUT2D eigenvalue weighted by Gasteiger charge is -2.25. The average Bonchev–Trinajstić information content (AvgIpc) is 2.72. The summed E-state index contributed by atoms with van der Waals surface area (Å²) in [6.45, 7) is 11.2. The van der Waals surface area contributed by atoms with Gasteiger partial charge < -0.3 is 10.2 Å². The predicted molar refractivity (Wildman–Crippen MR) is 79.0 cm³/mol. The number of hydrogen-bond acceptors (Lipinski definition) is 2. The monoisotopic (exact) mass is 264 g/mol. The van der Waals surface area contributed by atoms with Crippen molar-refractivity contribution in [3.05, 3.63) is 29.6 Å². The minimum absolute atomic E-state index is 0.00213. The Morgan fingerprint density at radius 3 is 2.68 bits per heavy atom. The van der Waals surface area contributed by atoms with Gasteiger partial charge in [0.05, 0.1) is 0 Å². The molecule has 1 heterocycles. The van der Waals surface area contributed by atoms with Crippen molar-refractivity contribution in [3.63, 3.8) is 0 Å². The van der Waals surface area contributed by atoms with Crippen LogP contribution in [0.15, 0.2) is 18.2 Å². The van der Waals surface area contributed by atoms with Gasteiger partial charge in [0.25, 0.3) is 0 Å². The molecule has 0 saturated carbocycles. The number of nitrogens with one attached hydrogen (secondary N) is 1. The Kier molecular flexibility index (Phi) is 4.14. The zero-order valence-electron chi connectivity index (χ0n) is 12.5. The van der Waals surface area contributed by atoms with Crippen LogP contribution in [0.5, 0.6) is 0 Å². The van der Waals surface area contributed by atoms with Gasteiger partial charge in [-0.25, -0.2) is 4.39 Å². The van der Waals surface area contributed by atoms with E-state index in [1.54, 1.807) is 6.07 Å². The van der Waals surface area contributed by atoms with Crippen molar-refractivity contribution < 1.29 is 4.39 Å². The maximum atomic E-state index is 14.1. The second kappa shape index (κ2) is 5.49. The Morgan fingerprint density at radius 1 is 1.37 bits per heavy atom. The van der Waals surface area contributed by atoms with E-state index in [1.807, 2.05) is 12.1 Å². The van der Waals surface area contributed by atoms with Crippen LogP contribution in [0.3, 0.4) is 0 Å². The molecule has 19 heavy (non-hydrogen) atoms. The Labute approximate surface area is 116 Å². The van der Waals surface area contributed by atoms with E-state index in [4.69, 9.17) is 0 Å². The molecule has 0 bridgehead atoms. The van der Waals surface area contributed by atoms with Crippen LogP contribution in [0.4, 0.5) is 10.1 Å². The molecular formula is C16H25FN2. The van der Waals surface area contributed by atoms with Crippen molar-refractivity contribution in [2.24, 2.45) is 5.92 Å². The van der Waals surface area contributed by atoms with E-state index >= 15 is 0 Å². The van der Waals surface area contributed by atoms with Crippen molar-refractivity contribution in [1.29, 1.82) is 0 Å². The standard InChI is InChI=1S/C16H25FN2/c1-12-8-9-19(11-12)15-7-5-6-14(17)13(15)10-18-16(2,3)4/h5-7,12,18H,8-11H2,1-4H3. The second-order valence-electron chi connectivity index (χ2n) is 6.68. The van der Waals surface area contributed by atoms with Crippen LogP contribution in [0.1, 0.15) is 39.7 Å². The summed E-state index contributed by atoms with van der Waals surface area (Å²) in [6, 6.07) is 5.41. The molecule has 0 spiro atoms. The molecule has 1 atom stereocenters. The number of nitrogens with zero attached hydrogens (tertiary/aromatic N) is 1. The molecule has 2 rings (SSSR count). The van der Waals surface area contributed by atoms with E-state index in [1.165, 1.54) is 6.42 Å². The normalized spacial score (nSPS) is 20.1. The summed E-state index contributed by atoms with van der Waals surface area (Å²) in [5, 5.41) is 3.39. The van der Waals surface area contributed by atoms with Crippen LogP contribution in [-0.2, 0) is 6.54 Å². The minimum atomic E-state index is -0.103. The molecule has 0 aliphatic carbocycles. The summed E-state index contributed by atoms with van der Waals surface area (Å²) in [7, 11) is 0. The lowest BCUT2D eigenvalue weighted by molar-refractivity contribution is 0.418. The molecule has 2 nitrogen and oxygen atoms in total. The van der Waals surface area contributed by atoms with Gasteiger partial charge in [0.1, 0.15) is 5.82 Å². The van der Waals surface area contributed by atoms with E-state index in [9.17, 15) is 4.39 Å². The van der Waals surface area contributed by atoms with Crippen LogP contribution < -0.4 is 10.2 Å². The first-order valence-corrected chi connectivity index (χ1v) is 7.14. The van der Waals surface area contributed by atoms with Crippen LogP contribution in [0.25, 0.3) is 0 Å². The summed E-state index contributed by atoms with van der Waals surface area (Å²) >= 11 is 0. The third-order valence-corrected chi connectivity index (χ3v) is 3.65. The molecule has 0 radical (unpaired) electrons. The number of anilines is 1. The SMILES string of the molecule is CC1CCN(c2cccc(F)c2CNC(C)(C)C)C1. The van der Waals surface area contributed by atoms with E-state index < -0.39 is 0 Å². The lowest BCUT2D eigenvalue weighted by Crippen LogP contribution is -2.36. The molecule has 0 amide bonds. The Morgan fingerprint density at radius 2 is 2.11 bits per heavy atom. The molecule has 0 aromatic heterocycles. The zero-order chi connectivity index (χ0) is 14.0. The molecule has 1 aromatic carbocycles. The highest BCUT2D eigenvalue weighted by Gasteiger charge is 2.22. The molecule has 1 fully saturated rings. The minimum Gasteiger partial charge on any atom is -0.371 e. The van der Waals surface area contributed by atoms with Gasteiger partial charge >= 0.3 is 0 Å². The number of hydrogen-bond donors (Lipinski definition) is 1. The smallest absolute Gasteiger partial charge is 0.129 e. The summed E-state index contributed by atoms with van der Waals surface area (Å²) in [6.07, 6.45) is 1.20. The van der Waals surface area contributed by atoms with Gasteiger partial charge in [0.2, 0.25) is 0 Å². The molecule has 1 unspecified atom stereocenters. The van der Waals surface area contributed by atoms with E-state index in [0.717, 1.165) is 24.3 Å². The lowest BCUT2D eigenvalue weighted by atomic mass is 10.1. The molecular weight excluding hydrogens is 239 g/mol. The fourth-order valence-corrected chi connectivity index (χ4v) is 2.53. The number of benzene rings is 1. The van der Waals surface area contributed by atoms with Gasteiger partial charge in [-0.05, 0) is 45.2 Å². The van der Waals surface area contributed by atoms with Crippen molar-refractivity contribution in [3.8, 4) is 0 Å². The molecule has 1 N–H and O–H groups in total. The van der Waals surface area contributed by atoms with E-state index in [-0.39, 0.29) is 11.4 Å². The molecule has 1 aliphatic rings. The largest absolute Gasteiger partial charge is 0.371 e. The Bertz CT molecular complexity index is 437. The van der Waals surface area contributed by atoms with Crippen molar-refractivity contribution in [2.75, 3.05) is 18.0 Å². The van der Waals surface area contributed by atoms with Gasteiger partial charge in [-0.2, -0.15) is 0 Å². The molecule has 3 heteroatoms. The fourth-order valence-electron chi connectivity index (χ4n) is 2.53. The highest BCUT2D eigenvalue weighted by atomic mass is 19.1. The van der Waals surface area contributed by atoms with Crippen molar-refractivity contribution >= 4 is 5.69 Å². The first kappa shape index (κ1) is 14.3. The van der Waals surface area contributed by atoms with E-state index in [0.29, 0.717) is 12.5 Å². The number of rotatable bonds is 3. The molecule has 106 valence electrons. The first-order chi connectivity index (χ1) is 8.87. The van der Waals surface area contributed by atoms with E-state index in [2.05, 4.69) is 37.9 Å². The van der Waals surface area contributed by atoms with Crippen LogP contribution in [0, 0.1) is 11.7 Å². The maximum absolute atomic E-state index is 14.1. The topological polar surface area (TPSA) is 15.3 Å². The highest BCUT2D eigenvalue weighted by molar-refractivity contribution is 5.55. The summed E-state index contributed by atoms with van der Waals surface area (Å²) in [5.41, 5.74) is 1.85. The van der Waals surface area contributed by atoms with Gasteiger partial charge in [-0.3, -0.25) is 0 Å². The van der Waals surface area contributed by atoms with Crippen LogP contribution >= 0.6 is 0 Å². The van der Waals surface area contributed by atoms with Crippen molar-refractivity contribution in [1.82, 2.24) is 5.32 Å². The zero-order valence-corrected chi connectivity index (χ0v) is 12.5. The third-order valence-electron chi connectivity index (χ3n) is 3.65.